The number of ketones is 1. The normalized spacial score (nSPS) is 20.2. The maximum atomic E-state index is 14.1. The molecule has 4 aromatic carbocycles. The molecule has 0 spiro atoms. The first-order valence-corrected chi connectivity index (χ1v) is 12.7. The first kappa shape index (κ1) is 21.9. The maximum absolute atomic E-state index is 14.1. The molecule has 37 heavy (non-hydrogen) atoms. The molecule has 5 aromatic rings. The summed E-state index contributed by atoms with van der Waals surface area (Å²) in [6.45, 7) is 2.08. The SMILES string of the molecule is CC12Cc3cnn(-c4ccc(F)cc4)c3C=C1CC/C(=C\c1c3ccccc3cc3ccccc13)C2=O. The van der Waals surface area contributed by atoms with Crippen LogP contribution in [0.25, 0.3) is 39.4 Å². The van der Waals surface area contributed by atoms with Gasteiger partial charge in [-0.25, -0.2) is 9.07 Å². The lowest BCUT2D eigenvalue weighted by Gasteiger charge is -2.39. The minimum Gasteiger partial charge on any atom is -0.294 e. The van der Waals surface area contributed by atoms with Crippen molar-refractivity contribution >= 4 is 39.5 Å². The van der Waals surface area contributed by atoms with Gasteiger partial charge in [-0.2, -0.15) is 5.10 Å². The average Bonchev–Trinajstić information content (AvgIpc) is 3.32. The largest absolute Gasteiger partial charge is 0.294 e. The summed E-state index contributed by atoms with van der Waals surface area (Å²) in [5.41, 5.74) is 5.40. The van der Waals surface area contributed by atoms with Crippen molar-refractivity contribution in [1.29, 1.82) is 0 Å². The molecule has 2 aliphatic rings. The molecule has 2 aliphatic carbocycles. The van der Waals surface area contributed by atoms with Crippen LogP contribution < -0.4 is 0 Å². The summed E-state index contributed by atoms with van der Waals surface area (Å²) in [7, 11) is 0. The predicted octanol–water partition coefficient (Wildman–Crippen LogP) is 7.71. The number of aromatic nitrogens is 2. The first-order chi connectivity index (χ1) is 18.0. The van der Waals surface area contributed by atoms with E-state index in [1.165, 1.54) is 33.7 Å². The number of rotatable bonds is 2. The second-order valence-corrected chi connectivity index (χ2v) is 10.4. The summed E-state index contributed by atoms with van der Waals surface area (Å²) in [4.78, 5) is 14.1. The molecule has 1 atom stereocenters. The van der Waals surface area contributed by atoms with Crippen LogP contribution in [-0.2, 0) is 11.2 Å². The molecule has 1 saturated carbocycles. The van der Waals surface area contributed by atoms with Gasteiger partial charge in [-0.1, -0.05) is 54.1 Å². The minimum absolute atomic E-state index is 0.196. The van der Waals surface area contributed by atoms with Crippen molar-refractivity contribution in [1.82, 2.24) is 9.78 Å². The van der Waals surface area contributed by atoms with Crippen molar-refractivity contribution in [2.24, 2.45) is 5.41 Å². The van der Waals surface area contributed by atoms with E-state index in [-0.39, 0.29) is 11.6 Å². The smallest absolute Gasteiger partial charge is 0.169 e. The second-order valence-electron chi connectivity index (χ2n) is 10.4. The molecule has 0 radical (unpaired) electrons. The summed E-state index contributed by atoms with van der Waals surface area (Å²) in [6, 6.07) is 25.4. The molecule has 4 heteroatoms. The predicted molar refractivity (Wildman–Crippen MR) is 147 cm³/mol. The van der Waals surface area contributed by atoms with Crippen LogP contribution >= 0.6 is 0 Å². The number of hydrogen-bond acceptors (Lipinski definition) is 2. The van der Waals surface area contributed by atoms with E-state index in [1.54, 1.807) is 12.1 Å². The Morgan fingerprint density at radius 2 is 1.59 bits per heavy atom. The van der Waals surface area contributed by atoms with Crippen LogP contribution in [0.15, 0.2) is 96.2 Å². The molecular formula is C33H25FN2O. The zero-order valence-corrected chi connectivity index (χ0v) is 20.5. The van der Waals surface area contributed by atoms with Crippen LogP contribution in [0.4, 0.5) is 4.39 Å². The van der Waals surface area contributed by atoms with Crippen LogP contribution in [0.3, 0.4) is 0 Å². The van der Waals surface area contributed by atoms with E-state index in [2.05, 4.69) is 78.8 Å². The highest BCUT2D eigenvalue weighted by Gasteiger charge is 2.44. The van der Waals surface area contributed by atoms with E-state index < -0.39 is 5.41 Å². The minimum atomic E-state index is -0.589. The highest BCUT2D eigenvalue weighted by molar-refractivity contribution is 6.12. The Hall–Kier alpha value is -4.31. The van der Waals surface area contributed by atoms with Crippen LogP contribution in [0.5, 0.6) is 0 Å². The van der Waals surface area contributed by atoms with Crippen LogP contribution in [0, 0.1) is 11.2 Å². The van der Waals surface area contributed by atoms with Crippen molar-refractivity contribution in [2.45, 2.75) is 26.2 Å². The number of fused-ring (bicyclic) bond motifs is 4. The number of hydrogen-bond donors (Lipinski definition) is 0. The summed E-state index contributed by atoms with van der Waals surface area (Å²) in [6.07, 6.45) is 8.27. The Labute approximate surface area is 214 Å². The number of carbonyl (C=O) groups excluding carboxylic acids is 1. The number of benzene rings is 4. The van der Waals surface area contributed by atoms with Crippen molar-refractivity contribution in [3.05, 3.63) is 119 Å². The van der Waals surface area contributed by atoms with Gasteiger partial charge in [0.1, 0.15) is 5.82 Å². The van der Waals surface area contributed by atoms with Gasteiger partial charge in [0.05, 0.1) is 23.0 Å². The Bertz CT molecular complexity index is 1740. The first-order valence-electron chi connectivity index (χ1n) is 12.7. The van der Waals surface area contributed by atoms with Gasteiger partial charge in [0.15, 0.2) is 5.78 Å². The lowest BCUT2D eigenvalue weighted by atomic mass is 9.63. The van der Waals surface area contributed by atoms with Crippen molar-refractivity contribution in [2.75, 3.05) is 0 Å². The summed E-state index contributed by atoms with van der Waals surface area (Å²) < 4.78 is 15.3. The lowest BCUT2D eigenvalue weighted by Crippen LogP contribution is -2.38. The van der Waals surface area contributed by atoms with Crippen LogP contribution in [-0.4, -0.2) is 15.6 Å². The molecule has 180 valence electrons. The van der Waals surface area contributed by atoms with Crippen LogP contribution in [0.1, 0.15) is 36.6 Å². The molecule has 1 unspecified atom stereocenters. The number of allylic oxidation sites excluding steroid dienone is 2. The fourth-order valence-electron chi connectivity index (χ4n) is 6.12. The number of Topliss-reactive ketones (excluding diaryl/α,β-unsaturated/α-hetero) is 1. The molecule has 0 N–H and O–H groups in total. The van der Waals surface area contributed by atoms with E-state index in [1.807, 2.05) is 10.9 Å². The number of halogens is 1. The molecule has 1 heterocycles. The van der Waals surface area contributed by atoms with Crippen molar-refractivity contribution < 1.29 is 9.18 Å². The van der Waals surface area contributed by atoms with E-state index in [0.29, 0.717) is 12.8 Å². The lowest BCUT2D eigenvalue weighted by molar-refractivity contribution is -0.123. The molecule has 0 saturated heterocycles. The van der Waals surface area contributed by atoms with Gasteiger partial charge < -0.3 is 0 Å². The van der Waals surface area contributed by atoms with E-state index in [9.17, 15) is 9.18 Å². The van der Waals surface area contributed by atoms with Gasteiger partial charge >= 0.3 is 0 Å². The number of carbonyl (C=O) groups is 1. The highest BCUT2D eigenvalue weighted by atomic mass is 19.1. The van der Waals surface area contributed by atoms with Gasteiger partial charge in [0.25, 0.3) is 0 Å². The quantitative estimate of drug-likeness (QED) is 0.190. The average molecular weight is 485 g/mol. The van der Waals surface area contributed by atoms with E-state index >= 15 is 0 Å². The maximum Gasteiger partial charge on any atom is 0.169 e. The second kappa shape index (κ2) is 8.10. The van der Waals surface area contributed by atoms with E-state index in [4.69, 9.17) is 0 Å². The molecule has 3 nitrogen and oxygen atoms in total. The van der Waals surface area contributed by atoms with Gasteiger partial charge in [-0.3, -0.25) is 4.79 Å². The Balaban J connectivity index is 1.32. The van der Waals surface area contributed by atoms with Crippen molar-refractivity contribution in [3.63, 3.8) is 0 Å². The molecule has 0 aliphatic heterocycles. The van der Waals surface area contributed by atoms with E-state index in [0.717, 1.165) is 40.1 Å². The fourth-order valence-corrected chi connectivity index (χ4v) is 6.12. The standard InChI is InChI=1S/C33H25FN2O/c1-33-19-24-20-35-36(27-14-12-26(34)13-15-27)31(24)18-25(33)11-10-23(32(33)37)17-30-28-8-4-2-6-21(28)16-22-7-3-5-9-29(22)30/h2-9,12-18,20H,10-11,19H2,1H3/b23-17+. The Kier molecular flexibility index (Phi) is 4.80. The monoisotopic (exact) mass is 484 g/mol. The zero-order valence-electron chi connectivity index (χ0n) is 20.5. The summed E-state index contributed by atoms with van der Waals surface area (Å²) in [5.74, 6) is -0.0749. The Morgan fingerprint density at radius 3 is 2.30 bits per heavy atom. The number of nitrogens with zero attached hydrogens (tertiary/aromatic N) is 2. The molecule has 0 amide bonds. The van der Waals surface area contributed by atoms with Crippen molar-refractivity contribution in [3.8, 4) is 5.69 Å². The zero-order chi connectivity index (χ0) is 25.1. The molecule has 0 bridgehead atoms. The van der Waals surface area contributed by atoms with Gasteiger partial charge in [-0.05, 0) is 107 Å². The fraction of sp³-hybridized carbons (Fsp3) is 0.152. The molecular weight excluding hydrogens is 459 g/mol. The van der Waals surface area contributed by atoms with Gasteiger partial charge in [0, 0.05) is 0 Å². The molecule has 1 aromatic heterocycles. The summed E-state index contributed by atoms with van der Waals surface area (Å²) >= 11 is 0. The summed E-state index contributed by atoms with van der Waals surface area (Å²) in [5, 5.41) is 9.28. The highest BCUT2D eigenvalue weighted by Crippen LogP contribution is 2.48. The van der Waals surface area contributed by atoms with Gasteiger partial charge in [-0.15, -0.1) is 0 Å². The Morgan fingerprint density at radius 1 is 0.919 bits per heavy atom. The third kappa shape index (κ3) is 3.40. The molecule has 7 rings (SSSR count). The molecule has 1 fully saturated rings. The topological polar surface area (TPSA) is 34.9 Å². The third-order valence-electron chi connectivity index (χ3n) is 8.11. The third-order valence-corrected chi connectivity index (χ3v) is 8.11. The van der Waals surface area contributed by atoms with Crippen LogP contribution in [0.2, 0.25) is 0 Å². The van der Waals surface area contributed by atoms with Gasteiger partial charge in [0.2, 0.25) is 0 Å².